The van der Waals surface area contributed by atoms with E-state index in [0.29, 0.717) is 38.8 Å². The van der Waals surface area contributed by atoms with Crippen LogP contribution in [0.3, 0.4) is 0 Å². The molecule has 3 rings (SSSR count). The largest absolute Gasteiger partial charge is 0.493 e. The molecule has 2 heterocycles. The van der Waals surface area contributed by atoms with Crippen LogP contribution >= 0.6 is 0 Å². The molecule has 0 unspecified atom stereocenters. The van der Waals surface area contributed by atoms with Crippen LogP contribution in [0, 0.1) is 11.3 Å². The molecule has 2 aromatic rings. The van der Waals surface area contributed by atoms with Crippen LogP contribution in [0.4, 0.5) is 23.8 Å². The molecule has 12 nitrogen and oxygen atoms in total. The average Bonchev–Trinajstić information content (AvgIpc) is 3.49. The summed E-state index contributed by atoms with van der Waals surface area (Å²) in [6.07, 6.45) is -3.02. The zero-order chi connectivity index (χ0) is 30.0. The Kier molecular flexibility index (Phi) is 8.83. The van der Waals surface area contributed by atoms with Crippen molar-refractivity contribution in [3.63, 3.8) is 0 Å². The zero-order valence-electron chi connectivity index (χ0n) is 23.7. The van der Waals surface area contributed by atoms with E-state index in [-0.39, 0.29) is 33.5 Å². The Hall–Kier alpha value is -3.67. The van der Waals surface area contributed by atoms with Gasteiger partial charge in [0, 0.05) is 18.6 Å². The van der Waals surface area contributed by atoms with Gasteiger partial charge in [-0.15, -0.1) is 0 Å². The Morgan fingerprint density at radius 2 is 1.75 bits per heavy atom. The third-order valence-corrected chi connectivity index (χ3v) is 6.40. The number of amides is 1. The maximum Gasteiger partial charge on any atom is 0.493 e. The molecule has 1 aliphatic carbocycles. The van der Waals surface area contributed by atoms with Gasteiger partial charge in [-0.25, -0.2) is 19.6 Å². The lowest BCUT2D eigenvalue weighted by molar-refractivity contribution is -0.235. The second-order valence-corrected chi connectivity index (χ2v) is 11.6. The van der Waals surface area contributed by atoms with E-state index < -0.39 is 29.9 Å². The summed E-state index contributed by atoms with van der Waals surface area (Å²) in [6, 6.07) is 1.24. The molecule has 0 saturated heterocycles. The second kappa shape index (κ2) is 11.4. The third kappa shape index (κ3) is 7.29. The van der Waals surface area contributed by atoms with Crippen molar-refractivity contribution in [2.45, 2.75) is 97.1 Å². The molecule has 0 aliphatic heterocycles. The summed E-state index contributed by atoms with van der Waals surface area (Å²) in [4.78, 5) is 44.9. The highest BCUT2D eigenvalue weighted by atomic mass is 19.4. The number of hydrogen-bond donors (Lipinski definition) is 0. The SMILES string of the molecule is CN(CCn1cnc2c(N(C3CCCC3)N(OC(=O)C(F)(F)F)C(=O)OC(C)(C)C)nc(C#N)nc21)C(C)(C)C. The predicted octanol–water partition coefficient (Wildman–Crippen LogP) is 4.35. The van der Waals surface area contributed by atoms with E-state index in [0.717, 1.165) is 5.01 Å². The van der Waals surface area contributed by atoms with Gasteiger partial charge in [0.1, 0.15) is 11.7 Å². The number of carbonyl (C=O) groups is 2. The normalized spacial score (nSPS) is 14.8. The lowest BCUT2D eigenvalue weighted by atomic mass is 10.1. The molecule has 15 heteroatoms. The van der Waals surface area contributed by atoms with Crippen molar-refractivity contribution in [2.75, 3.05) is 18.6 Å². The van der Waals surface area contributed by atoms with Crippen molar-refractivity contribution in [3.8, 4) is 6.07 Å². The molecule has 0 spiro atoms. The Morgan fingerprint density at radius 3 is 2.27 bits per heavy atom. The van der Waals surface area contributed by atoms with Gasteiger partial charge >= 0.3 is 18.2 Å². The lowest BCUT2D eigenvalue weighted by Crippen LogP contribution is -2.55. The fourth-order valence-electron chi connectivity index (χ4n) is 4.05. The van der Waals surface area contributed by atoms with Crippen LogP contribution in [0.25, 0.3) is 11.2 Å². The molecule has 0 atom stereocenters. The highest BCUT2D eigenvalue weighted by Gasteiger charge is 2.47. The van der Waals surface area contributed by atoms with Gasteiger partial charge in [-0.2, -0.15) is 28.4 Å². The summed E-state index contributed by atoms with van der Waals surface area (Å²) in [6.45, 7) is 11.7. The van der Waals surface area contributed by atoms with Gasteiger partial charge in [-0.3, -0.25) is 4.90 Å². The first-order chi connectivity index (χ1) is 18.4. The van der Waals surface area contributed by atoms with E-state index in [9.17, 15) is 28.0 Å². The molecule has 0 N–H and O–H groups in total. The summed E-state index contributed by atoms with van der Waals surface area (Å²) in [5, 5.41) is 10.9. The number of fused-ring (bicyclic) bond motifs is 1. The number of hydrazine groups is 1. The van der Waals surface area contributed by atoms with Crippen LogP contribution in [0.2, 0.25) is 0 Å². The summed E-state index contributed by atoms with van der Waals surface area (Å²) in [5.74, 6) is -3.08. The molecular formula is C25H35F3N8O4. The minimum atomic E-state index is -5.40. The summed E-state index contributed by atoms with van der Waals surface area (Å²) < 4.78 is 46.9. The number of halogens is 3. The predicted molar refractivity (Wildman–Crippen MR) is 137 cm³/mol. The first-order valence-corrected chi connectivity index (χ1v) is 12.9. The van der Waals surface area contributed by atoms with Crippen molar-refractivity contribution in [1.82, 2.24) is 29.6 Å². The van der Waals surface area contributed by atoms with Crippen molar-refractivity contribution in [1.29, 1.82) is 5.26 Å². The van der Waals surface area contributed by atoms with Crippen LogP contribution in [0.15, 0.2) is 6.33 Å². The smallest absolute Gasteiger partial charge is 0.440 e. The van der Waals surface area contributed by atoms with Crippen LogP contribution in [0.5, 0.6) is 0 Å². The number of anilines is 1. The van der Waals surface area contributed by atoms with Crippen LogP contribution in [-0.2, 0) is 20.9 Å². The van der Waals surface area contributed by atoms with Crippen molar-refractivity contribution >= 4 is 29.0 Å². The number of alkyl halides is 3. The first kappa shape index (κ1) is 30.9. The number of nitriles is 1. The van der Waals surface area contributed by atoms with Gasteiger partial charge in [0.25, 0.3) is 0 Å². The van der Waals surface area contributed by atoms with Crippen molar-refractivity contribution < 1.29 is 32.3 Å². The van der Waals surface area contributed by atoms with Crippen molar-refractivity contribution in [2.24, 2.45) is 0 Å². The number of likely N-dealkylation sites (N-methyl/N-ethyl adjacent to an activating group) is 1. The number of nitrogens with zero attached hydrogens (tertiary/aromatic N) is 8. The highest BCUT2D eigenvalue weighted by molar-refractivity contribution is 5.86. The first-order valence-electron chi connectivity index (χ1n) is 12.9. The molecule has 1 fully saturated rings. The number of hydrogen-bond acceptors (Lipinski definition) is 10. The van der Waals surface area contributed by atoms with Gasteiger partial charge < -0.3 is 14.1 Å². The van der Waals surface area contributed by atoms with Gasteiger partial charge in [-0.05, 0) is 66.6 Å². The van der Waals surface area contributed by atoms with Gasteiger partial charge in [0.2, 0.25) is 5.82 Å². The van der Waals surface area contributed by atoms with Gasteiger partial charge in [0.05, 0.1) is 12.4 Å². The number of carbonyl (C=O) groups excluding carboxylic acids is 2. The van der Waals surface area contributed by atoms with Crippen LogP contribution in [0.1, 0.15) is 73.1 Å². The summed E-state index contributed by atoms with van der Waals surface area (Å²) in [7, 11) is 1.95. The molecule has 0 radical (unpaired) electrons. The highest BCUT2D eigenvalue weighted by Crippen LogP contribution is 2.34. The van der Waals surface area contributed by atoms with Gasteiger partial charge in [0.15, 0.2) is 17.0 Å². The van der Waals surface area contributed by atoms with E-state index in [1.54, 1.807) is 4.57 Å². The standard InChI is InChI=1S/C25H35F3N8O4/c1-23(2,3)33(7)12-13-34-15-30-18-19(34)31-17(14-29)32-20(18)35(16-10-8-9-11-16)36(22(38)39-24(4,5)6)40-21(37)25(26,27)28/h15-16H,8-13H2,1-7H3. The van der Waals surface area contributed by atoms with E-state index in [2.05, 4.69) is 45.5 Å². The minimum Gasteiger partial charge on any atom is -0.440 e. The fraction of sp³-hybridized carbons (Fsp3) is 0.680. The third-order valence-electron chi connectivity index (χ3n) is 6.40. The molecule has 1 saturated carbocycles. The zero-order valence-corrected chi connectivity index (χ0v) is 23.7. The molecule has 220 valence electrons. The maximum atomic E-state index is 13.3. The Balaban J connectivity index is 2.17. The van der Waals surface area contributed by atoms with E-state index >= 15 is 0 Å². The average molecular weight is 569 g/mol. The topological polar surface area (TPSA) is 130 Å². The number of hydroxylamine groups is 1. The Bertz CT molecular complexity index is 1270. The molecule has 0 aromatic carbocycles. The van der Waals surface area contributed by atoms with Crippen LogP contribution < -0.4 is 5.01 Å². The second-order valence-electron chi connectivity index (χ2n) is 11.6. The number of rotatable bonds is 6. The summed E-state index contributed by atoms with van der Waals surface area (Å²) in [5.41, 5.74) is -0.913. The molecule has 1 amide bonds. The molecule has 0 bridgehead atoms. The van der Waals surface area contributed by atoms with Crippen molar-refractivity contribution in [3.05, 3.63) is 12.2 Å². The molecular weight excluding hydrogens is 533 g/mol. The lowest BCUT2D eigenvalue weighted by Gasteiger charge is -2.37. The Morgan fingerprint density at radius 1 is 1.12 bits per heavy atom. The Labute approximate surface area is 230 Å². The monoisotopic (exact) mass is 568 g/mol. The quantitative estimate of drug-likeness (QED) is 0.464. The maximum absolute atomic E-state index is 13.3. The fourth-order valence-corrected chi connectivity index (χ4v) is 4.05. The molecule has 2 aromatic heterocycles. The summed E-state index contributed by atoms with van der Waals surface area (Å²) >= 11 is 0. The number of ether oxygens (including phenoxy) is 1. The van der Waals surface area contributed by atoms with E-state index in [1.165, 1.54) is 27.1 Å². The van der Waals surface area contributed by atoms with Crippen LogP contribution in [-0.4, -0.2) is 78.6 Å². The molecule has 1 aliphatic rings. The minimum absolute atomic E-state index is 0.112. The van der Waals surface area contributed by atoms with E-state index in [1.807, 2.05) is 13.1 Å². The van der Waals surface area contributed by atoms with E-state index in [4.69, 9.17) is 4.74 Å². The number of aromatic nitrogens is 4. The molecule has 40 heavy (non-hydrogen) atoms. The van der Waals surface area contributed by atoms with Gasteiger partial charge in [-0.1, -0.05) is 12.8 Å². The number of imidazole rings is 1.